The van der Waals surface area contributed by atoms with Gasteiger partial charge in [0.05, 0.1) is 12.6 Å². The molecule has 21 heavy (non-hydrogen) atoms. The highest BCUT2D eigenvalue weighted by Gasteiger charge is 2.17. The first-order chi connectivity index (χ1) is 10.3. The molecular weight excluding hydrogens is 260 g/mol. The zero-order chi connectivity index (χ0) is 14.7. The zero-order valence-corrected chi connectivity index (χ0v) is 12.4. The molecule has 3 heteroatoms. The Labute approximate surface area is 126 Å². The number of nitrogens with one attached hydrogen (secondary N) is 1. The lowest BCUT2D eigenvalue weighted by molar-refractivity contribution is 0.357. The Balaban J connectivity index is 1.87. The minimum absolute atomic E-state index is 0.0200. The monoisotopic (exact) mass is 282 g/mol. The predicted octanol–water partition coefficient (Wildman–Crippen LogP) is 3.13. The summed E-state index contributed by atoms with van der Waals surface area (Å²) < 4.78 is 5.56. The van der Waals surface area contributed by atoms with Crippen LogP contribution in [-0.2, 0) is 12.8 Å². The molecule has 1 atom stereocenters. The van der Waals surface area contributed by atoms with Crippen LogP contribution in [-0.4, -0.2) is 6.61 Å². The molecule has 0 amide bonds. The molecule has 1 heterocycles. The highest BCUT2D eigenvalue weighted by molar-refractivity contribution is 5.43. The minimum Gasteiger partial charge on any atom is -0.493 e. The number of hydrogen-bond acceptors (Lipinski definition) is 3. The molecule has 1 aliphatic rings. The average Bonchev–Trinajstić information content (AvgIpc) is 2.98. The molecule has 0 aliphatic carbocycles. The van der Waals surface area contributed by atoms with Gasteiger partial charge in [0.15, 0.2) is 0 Å². The Morgan fingerprint density at radius 3 is 2.62 bits per heavy atom. The van der Waals surface area contributed by atoms with Crippen molar-refractivity contribution in [1.29, 1.82) is 0 Å². The van der Waals surface area contributed by atoms with E-state index in [1.807, 2.05) is 6.07 Å². The van der Waals surface area contributed by atoms with E-state index in [2.05, 4.69) is 48.7 Å². The lowest BCUT2D eigenvalue weighted by Crippen LogP contribution is -2.28. The van der Waals surface area contributed by atoms with Crippen molar-refractivity contribution in [2.24, 2.45) is 5.84 Å². The summed E-state index contributed by atoms with van der Waals surface area (Å²) >= 11 is 0. The van der Waals surface area contributed by atoms with Crippen LogP contribution < -0.4 is 16.0 Å². The molecule has 0 saturated heterocycles. The molecular formula is C18H22N2O. The van der Waals surface area contributed by atoms with Crippen molar-refractivity contribution >= 4 is 0 Å². The summed E-state index contributed by atoms with van der Waals surface area (Å²) in [5.74, 6) is 6.80. The van der Waals surface area contributed by atoms with Crippen LogP contribution in [0, 0.1) is 0 Å². The summed E-state index contributed by atoms with van der Waals surface area (Å²) in [4.78, 5) is 0. The SMILES string of the molecule is CCCc1ccc(C(NN)c2ccc3c(c2)CCO3)cc1. The second kappa shape index (κ2) is 6.29. The average molecular weight is 282 g/mol. The Morgan fingerprint density at radius 1 is 1.14 bits per heavy atom. The van der Waals surface area contributed by atoms with Crippen molar-refractivity contribution in [2.45, 2.75) is 32.2 Å². The molecule has 0 bridgehead atoms. The maximum Gasteiger partial charge on any atom is 0.122 e. The Hall–Kier alpha value is -1.84. The van der Waals surface area contributed by atoms with Crippen LogP contribution in [0.3, 0.4) is 0 Å². The summed E-state index contributed by atoms with van der Waals surface area (Å²) in [7, 11) is 0. The van der Waals surface area contributed by atoms with Crippen LogP contribution in [0.2, 0.25) is 0 Å². The summed E-state index contributed by atoms with van der Waals surface area (Å²) in [5, 5.41) is 0. The van der Waals surface area contributed by atoms with Gasteiger partial charge < -0.3 is 4.74 Å². The van der Waals surface area contributed by atoms with Crippen molar-refractivity contribution in [2.75, 3.05) is 6.61 Å². The first kappa shape index (κ1) is 14.1. The van der Waals surface area contributed by atoms with E-state index in [0.717, 1.165) is 25.2 Å². The lowest BCUT2D eigenvalue weighted by Gasteiger charge is -2.18. The normalized spacial score (nSPS) is 14.6. The molecule has 0 saturated carbocycles. The molecule has 3 rings (SSSR count). The number of rotatable bonds is 5. The standard InChI is InChI=1S/C18H22N2O/c1-2-3-13-4-6-14(7-5-13)18(20-19)16-8-9-17-15(12-16)10-11-21-17/h4-9,12,18,20H,2-3,10-11,19H2,1H3. The third-order valence-corrected chi connectivity index (χ3v) is 4.07. The van der Waals surface area contributed by atoms with Crippen molar-refractivity contribution in [3.63, 3.8) is 0 Å². The number of benzene rings is 2. The van der Waals surface area contributed by atoms with Gasteiger partial charge in [0.1, 0.15) is 5.75 Å². The third-order valence-electron chi connectivity index (χ3n) is 4.07. The van der Waals surface area contributed by atoms with Crippen LogP contribution in [0.5, 0.6) is 5.75 Å². The Kier molecular flexibility index (Phi) is 4.23. The van der Waals surface area contributed by atoms with Gasteiger partial charge in [0.2, 0.25) is 0 Å². The van der Waals surface area contributed by atoms with Gasteiger partial charge in [0.25, 0.3) is 0 Å². The van der Waals surface area contributed by atoms with Crippen molar-refractivity contribution in [3.05, 3.63) is 64.7 Å². The molecule has 2 aromatic carbocycles. The maximum atomic E-state index is 5.80. The van der Waals surface area contributed by atoms with E-state index in [1.54, 1.807) is 0 Å². The number of nitrogens with two attached hydrogens (primary N) is 1. The Bertz CT molecular complexity index is 607. The molecule has 3 N–H and O–H groups in total. The van der Waals surface area contributed by atoms with Gasteiger partial charge in [-0.3, -0.25) is 5.84 Å². The van der Waals surface area contributed by atoms with E-state index >= 15 is 0 Å². The van der Waals surface area contributed by atoms with E-state index in [0.29, 0.717) is 0 Å². The highest BCUT2D eigenvalue weighted by atomic mass is 16.5. The second-order valence-electron chi connectivity index (χ2n) is 5.56. The van der Waals surface area contributed by atoms with E-state index in [-0.39, 0.29) is 6.04 Å². The molecule has 1 unspecified atom stereocenters. The largest absolute Gasteiger partial charge is 0.493 e. The van der Waals surface area contributed by atoms with Gasteiger partial charge in [-0.25, -0.2) is 5.43 Å². The second-order valence-corrected chi connectivity index (χ2v) is 5.56. The Morgan fingerprint density at radius 2 is 1.90 bits per heavy atom. The first-order valence-corrected chi connectivity index (χ1v) is 7.62. The van der Waals surface area contributed by atoms with Gasteiger partial charge in [0, 0.05) is 6.42 Å². The fourth-order valence-corrected chi connectivity index (χ4v) is 2.94. The minimum atomic E-state index is 0.0200. The quantitative estimate of drug-likeness (QED) is 0.654. The van der Waals surface area contributed by atoms with Crippen LogP contribution in [0.1, 0.15) is 41.6 Å². The number of hydrogen-bond donors (Lipinski definition) is 2. The molecule has 3 nitrogen and oxygen atoms in total. The van der Waals surface area contributed by atoms with Crippen LogP contribution >= 0.6 is 0 Å². The van der Waals surface area contributed by atoms with Gasteiger partial charge in [-0.05, 0) is 34.7 Å². The highest BCUT2D eigenvalue weighted by Crippen LogP contribution is 2.30. The molecule has 110 valence electrons. The molecule has 0 radical (unpaired) electrons. The summed E-state index contributed by atoms with van der Waals surface area (Å²) in [5.41, 5.74) is 7.96. The third kappa shape index (κ3) is 2.94. The van der Waals surface area contributed by atoms with Gasteiger partial charge in [-0.2, -0.15) is 0 Å². The first-order valence-electron chi connectivity index (χ1n) is 7.62. The molecule has 2 aromatic rings. The van der Waals surface area contributed by atoms with Gasteiger partial charge in [-0.1, -0.05) is 49.7 Å². The van der Waals surface area contributed by atoms with E-state index in [1.165, 1.54) is 28.7 Å². The number of hydrazine groups is 1. The maximum absolute atomic E-state index is 5.80. The van der Waals surface area contributed by atoms with Gasteiger partial charge >= 0.3 is 0 Å². The van der Waals surface area contributed by atoms with Gasteiger partial charge in [-0.15, -0.1) is 0 Å². The summed E-state index contributed by atoms with van der Waals surface area (Å²) in [6, 6.07) is 15.1. The van der Waals surface area contributed by atoms with Crippen molar-refractivity contribution in [3.8, 4) is 5.75 Å². The molecule has 0 spiro atoms. The van der Waals surface area contributed by atoms with Crippen LogP contribution in [0.4, 0.5) is 0 Å². The van der Waals surface area contributed by atoms with Crippen LogP contribution in [0.25, 0.3) is 0 Å². The fraction of sp³-hybridized carbons (Fsp3) is 0.333. The van der Waals surface area contributed by atoms with E-state index in [9.17, 15) is 0 Å². The fourth-order valence-electron chi connectivity index (χ4n) is 2.94. The smallest absolute Gasteiger partial charge is 0.122 e. The lowest BCUT2D eigenvalue weighted by atomic mass is 9.95. The molecule has 1 aliphatic heterocycles. The summed E-state index contributed by atoms with van der Waals surface area (Å²) in [6.07, 6.45) is 3.27. The van der Waals surface area contributed by atoms with E-state index in [4.69, 9.17) is 10.6 Å². The molecule has 0 fully saturated rings. The van der Waals surface area contributed by atoms with Crippen molar-refractivity contribution in [1.82, 2.24) is 5.43 Å². The van der Waals surface area contributed by atoms with Crippen LogP contribution in [0.15, 0.2) is 42.5 Å². The summed E-state index contributed by atoms with van der Waals surface area (Å²) in [6.45, 7) is 2.98. The predicted molar refractivity (Wildman–Crippen MR) is 85.2 cm³/mol. The number of fused-ring (bicyclic) bond motifs is 1. The van der Waals surface area contributed by atoms with Crippen molar-refractivity contribution < 1.29 is 4.74 Å². The topological polar surface area (TPSA) is 47.3 Å². The zero-order valence-electron chi connectivity index (χ0n) is 12.4. The molecule has 0 aromatic heterocycles. The number of ether oxygens (including phenoxy) is 1. The van der Waals surface area contributed by atoms with E-state index < -0.39 is 0 Å². The number of aryl methyl sites for hydroxylation is 1.